The first-order valence-corrected chi connectivity index (χ1v) is 9.58. The lowest BCUT2D eigenvalue weighted by Crippen LogP contribution is -2.25. The lowest BCUT2D eigenvalue weighted by Gasteiger charge is -2.16. The number of carbonyl (C=O) groups excluding carboxylic acids is 1. The number of ketones is 1. The van der Waals surface area contributed by atoms with Gasteiger partial charge in [0.05, 0.1) is 0 Å². The third-order valence-corrected chi connectivity index (χ3v) is 3.91. The van der Waals surface area contributed by atoms with Crippen LogP contribution in [0.5, 0.6) is 0 Å². The van der Waals surface area contributed by atoms with Gasteiger partial charge in [0.1, 0.15) is 5.78 Å². The molecule has 0 aromatic heterocycles. The fraction of sp³-hybridized carbons (Fsp3) is 0.591. The molecule has 24 heavy (non-hydrogen) atoms. The van der Waals surface area contributed by atoms with Crippen LogP contribution in [-0.2, 0) is 4.79 Å². The Morgan fingerprint density at radius 2 is 1.21 bits per heavy atom. The largest absolute Gasteiger partial charge is 0.303 e. The first-order chi connectivity index (χ1) is 11.7. The molecule has 0 rings (SSSR count). The molecule has 0 aromatic rings. The third-order valence-electron chi connectivity index (χ3n) is 3.91. The highest BCUT2D eigenvalue weighted by Crippen LogP contribution is 2.00. The van der Waals surface area contributed by atoms with E-state index in [4.69, 9.17) is 0 Å². The lowest BCUT2D eigenvalue weighted by atomic mass is 10.1. The van der Waals surface area contributed by atoms with Crippen LogP contribution in [0.1, 0.15) is 65.7 Å². The van der Waals surface area contributed by atoms with Gasteiger partial charge in [-0.05, 0) is 45.2 Å². The zero-order valence-electron chi connectivity index (χ0n) is 16.0. The molecule has 0 aliphatic heterocycles. The molecule has 0 spiro atoms. The molecule has 0 aromatic carbocycles. The first-order valence-electron chi connectivity index (χ1n) is 9.58. The van der Waals surface area contributed by atoms with Gasteiger partial charge < -0.3 is 4.90 Å². The van der Waals surface area contributed by atoms with Crippen LogP contribution in [0.4, 0.5) is 0 Å². The minimum atomic E-state index is 0.379. The number of rotatable bonds is 15. The maximum Gasteiger partial charge on any atom is 0.134 e. The van der Waals surface area contributed by atoms with E-state index in [2.05, 4.69) is 74.3 Å². The SMILES string of the molecule is CCC=CCC=CCC=CCC=CCCC(=O)CCN(CC)CC. The fourth-order valence-corrected chi connectivity index (χ4v) is 2.29. The van der Waals surface area contributed by atoms with E-state index in [1.54, 1.807) is 0 Å². The first kappa shape index (κ1) is 22.6. The molecular weight excluding hydrogens is 294 g/mol. The Balaban J connectivity index is 3.59. The summed E-state index contributed by atoms with van der Waals surface area (Å²) in [4.78, 5) is 14.1. The minimum absolute atomic E-state index is 0.379. The van der Waals surface area contributed by atoms with Gasteiger partial charge in [-0.15, -0.1) is 0 Å². The molecule has 136 valence electrons. The summed E-state index contributed by atoms with van der Waals surface area (Å²) < 4.78 is 0. The van der Waals surface area contributed by atoms with E-state index < -0.39 is 0 Å². The number of nitrogens with zero attached hydrogens (tertiary/aromatic N) is 1. The Bertz CT molecular complexity index is 400. The molecule has 0 aliphatic carbocycles. The predicted molar refractivity (Wildman–Crippen MR) is 107 cm³/mol. The van der Waals surface area contributed by atoms with Gasteiger partial charge >= 0.3 is 0 Å². The third kappa shape index (κ3) is 15.5. The van der Waals surface area contributed by atoms with Crippen LogP contribution in [-0.4, -0.2) is 30.3 Å². The van der Waals surface area contributed by atoms with E-state index in [0.29, 0.717) is 18.6 Å². The zero-order chi connectivity index (χ0) is 17.9. The van der Waals surface area contributed by atoms with Gasteiger partial charge in [-0.3, -0.25) is 4.79 Å². The quantitative estimate of drug-likeness (QED) is 0.350. The van der Waals surface area contributed by atoms with Crippen LogP contribution in [0.15, 0.2) is 48.6 Å². The molecule has 0 N–H and O–H groups in total. The van der Waals surface area contributed by atoms with Crippen LogP contribution in [0.2, 0.25) is 0 Å². The van der Waals surface area contributed by atoms with Crippen LogP contribution >= 0.6 is 0 Å². The highest BCUT2D eigenvalue weighted by molar-refractivity contribution is 5.78. The Labute approximate surface area is 150 Å². The summed E-state index contributed by atoms with van der Waals surface area (Å²) in [5, 5.41) is 0. The molecule has 0 heterocycles. The minimum Gasteiger partial charge on any atom is -0.303 e. The van der Waals surface area contributed by atoms with Gasteiger partial charge in [-0.2, -0.15) is 0 Å². The monoisotopic (exact) mass is 331 g/mol. The highest BCUT2D eigenvalue weighted by Gasteiger charge is 2.04. The standard InChI is InChI=1S/C22H37NO/c1-4-7-8-9-10-11-12-13-14-15-16-17-18-19-22(24)20-21-23(5-2)6-3/h7-8,10-11,13-14,16-17H,4-6,9,12,15,18-21H2,1-3H3. The van der Waals surface area contributed by atoms with E-state index in [0.717, 1.165) is 51.7 Å². The van der Waals surface area contributed by atoms with E-state index in [1.165, 1.54) is 0 Å². The van der Waals surface area contributed by atoms with Gasteiger partial charge in [-0.25, -0.2) is 0 Å². The number of hydrogen-bond acceptors (Lipinski definition) is 2. The summed E-state index contributed by atoms with van der Waals surface area (Å²) in [6.45, 7) is 9.40. The zero-order valence-corrected chi connectivity index (χ0v) is 16.0. The molecule has 0 saturated carbocycles. The van der Waals surface area contributed by atoms with Gasteiger partial charge in [0, 0.05) is 19.4 Å². The Morgan fingerprint density at radius 3 is 1.71 bits per heavy atom. The molecule has 0 atom stereocenters. The second-order valence-corrected chi connectivity index (χ2v) is 5.86. The Kier molecular flexibility index (Phi) is 16.9. The summed E-state index contributed by atoms with van der Waals surface area (Å²) in [5.41, 5.74) is 0. The molecule has 0 aliphatic rings. The normalized spacial score (nSPS) is 12.7. The molecule has 0 amide bonds. The number of hydrogen-bond donors (Lipinski definition) is 0. The average molecular weight is 332 g/mol. The van der Waals surface area contributed by atoms with E-state index in [1.807, 2.05) is 0 Å². The summed E-state index contributed by atoms with van der Waals surface area (Å²) >= 11 is 0. The molecule has 2 nitrogen and oxygen atoms in total. The van der Waals surface area contributed by atoms with E-state index in [9.17, 15) is 4.79 Å². The van der Waals surface area contributed by atoms with Crippen LogP contribution < -0.4 is 0 Å². The van der Waals surface area contributed by atoms with Crippen molar-refractivity contribution in [3.8, 4) is 0 Å². The van der Waals surface area contributed by atoms with Crippen LogP contribution in [0.3, 0.4) is 0 Å². The van der Waals surface area contributed by atoms with Crippen molar-refractivity contribution in [2.45, 2.75) is 65.7 Å². The number of carbonyl (C=O) groups is 1. The smallest absolute Gasteiger partial charge is 0.134 e. The van der Waals surface area contributed by atoms with E-state index in [-0.39, 0.29) is 0 Å². The van der Waals surface area contributed by atoms with Gasteiger partial charge in [-0.1, -0.05) is 69.4 Å². The van der Waals surface area contributed by atoms with Crippen molar-refractivity contribution >= 4 is 5.78 Å². The van der Waals surface area contributed by atoms with Crippen molar-refractivity contribution in [3.63, 3.8) is 0 Å². The molecule has 0 unspecified atom stereocenters. The Hall–Kier alpha value is -1.41. The van der Waals surface area contributed by atoms with Gasteiger partial charge in [0.25, 0.3) is 0 Å². The van der Waals surface area contributed by atoms with Crippen molar-refractivity contribution in [2.75, 3.05) is 19.6 Å². The lowest BCUT2D eigenvalue weighted by molar-refractivity contribution is -0.119. The number of Topliss-reactive ketones (excluding diaryl/α,β-unsaturated/α-hetero) is 1. The second-order valence-electron chi connectivity index (χ2n) is 5.86. The molecular formula is C22H37NO. The molecule has 0 bridgehead atoms. The second kappa shape index (κ2) is 17.9. The highest BCUT2D eigenvalue weighted by atomic mass is 16.1. The van der Waals surface area contributed by atoms with Crippen LogP contribution in [0, 0.1) is 0 Å². The molecule has 0 fully saturated rings. The summed E-state index contributed by atoms with van der Waals surface area (Å²) in [7, 11) is 0. The Morgan fingerprint density at radius 1 is 0.708 bits per heavy atom. The van der Waals surface area contributed by atoms with Crippen molar-refractivity contribution in [2.24, 2.45) is 0 Å². The predicted octanol–water partition coefficient (Wildman–Crippen LogP) is 5.87. The summed E-state index contributed by atoms with van der Waals surface area (Å²) in [6, 6.07) is 0. The van der Waals surface area contributed by atoms with Crippen molar-refractivity contribution in [1.29, 1.82) is 0 Å². The number of allylic oxidation sites excluding steroid dienone is 8. The molecule has 0 radical (unpaired) electrons. The van der Waals surface area contributed by atoms with Gasteiger partial charge in [0.2, 0.25) is 0 Å². The van der Waals surface area contributed by atoms with Crippen molar-refractivity contribution < 1.29 is 4.79 Å². The topological polar surface area (TPSA) is 20.3 Å². The maximum atomic E-state index is 11.8. The average Bonchev–Trinajstić information content (AvgIpc) is 2.60. The van der Waals surface area contributed by atoms with E-state index >= 15 is 0 Å². The molecule has 2 heteroatoms. The maximum absolute atomic E-state index is 11.8. The van der Waals surface area contributed by atoms with Crippen molar-refractivity contribution in [1.82, 2.24) is 4.90 Å². The summed E-state index contributed by atoms with van der Waals surface area (Å²) in [6.07, 6.45) is 23.8. The van der Waals surface area contributed by atoms with Gasteiger partial charge in [0.15, 0.2) is 0 Å². The van der Waals surface area contributed by atoms with Crippen molar-refractivity contribution in [3.05, 3.63) is 48.6 Å². The molecule has 0 saturated heterocycles. The summed E-state index contributed by atoms with van der Waals surface area (Å²) in [5.74, 6) is 0.379. The fourth-order valence-electron chi connectivity index (χ4n) is 2.29. The van der Waals surface area contributed by atoms with Crippen LogP contribution in [0.25, 0.3) is 0 Å².